The third-order valence-electron chi connectivity index (χ3n) is 4.57. The summed E-state index contributed by atoms with van der Waals surface area (Å²) in [4.78, 5) is 4.07. The van der Waals surface area contributed by atoms with Crippen LogP contribution in [0, 0.1) is 6.92 Å². The van der Waals surface area contributed by atoms with Crippen LogP contribution in [0.4, 0.5) is 0 Å². The maximum Gasteiger partial charge on any atom is 0.120 e. The van der Waals surface area contributed by atoms with E-state index in [2.05, 4.69) is 31.1 Å². The Hall–Kier alpha value is -1.87. The number of benzene rings is 1. The van der Waals surface area contributed by atoms with Gasteiger partial charge in [0.05, 0.1) is 0 Å². The van der Waals surface area contributed by atoms with Crippen LogP contribution < -0.4 is 5.32 Å². The zero-order chi connectivity index (χ0) is 15.0. The first-order chi connectivity index (χ1) is 10.1. The van der Waals surface area contributed by atoms with Crippen molar-refractivity contribution in [1.29, 1.82) is 0 Å². The standard InChI is InChI=1S/C18H22N2O/c1-11-4-5-16(21)18-15(10-12(2)17(11)18)20-13(3)14-6-8-19-9-7-14/h4-9,12-13,15,20-21H,10H2,1-3H3/t12?,13-,15?/m0/s1. The van der Waals surface area contributed by atoms with Gasteiger partial charge in [-0.05, 0) is 61.1 Å². The molecule has 0 spiro atoms. The van der Waals surface area contributed by atoms with Crippen molar-refractivity contribution in [2.24, 2.45) is 0 Å². The molecule has 2 aromatic rings. The van der Waals surface area contributed by atoms with Gasteiger partial charge in [0.1, 0.15) is 5.75 Å². The van der Waals surface area contributed by atoms with E-state index in [0.717, 1.165) is 12.0 Å². The summed E-state index contributed by atoms with van der Waals surface area (Å²) >= 11 is 0. The summed E-state index contributed by atoms with van der Waals surface area (Å²) in [6.07, 6.45) is 4.67. The van der Waals surface area contributed by atoms with Crippen molar-refractivity contribution in [1.82, 2.24) is 10.3 Å². The number of hydrogen-bond acceptors (Lipinski definition) is 3. The molecule has 1 aromatic carbocycles. The van der Waals surface area contributed by atoms with Crippen LogP contribution in [0.3, 0.4) is 0 Å². The van der Waals surface area contributed by atoms with Gasteiger partial charge < -0.3 is 10.4 Å². The Morgan fingerprint density at radius 1 is 1.19 bits per heavy atom. The van der Waals surface area contributed by atoms with E-state index in [1.807, 2.05) is 36.7 Å². The molecule has 1 aliphatic rings. The van der Waals surface area contributed by atoms with Gasteiger partial charge in [-0.15, -0.1) is 0 Å². The molecule has 1 aliphatic carbocycles. The van der Waals surface area contributed by atoms with Gasteiger partial charge in [0, 0.05) is 30.0 Å². The second-order valence-corrected chi connectivity index (χ2v) is 6.09. The molecule has 3 rings (SSSR count). The summed E-state index contributed by atoms with van der Waals surface area (Å²) in [5, 5.41) is 13.9. The smallest absolute Gasteiger partial charge is 0.120 e. The van der Waals surface area contributed by atoms with Crippen LogP contribution in [0.1, 0.15) is 60.5 Å². The van der Waals surface area contributed by atoms with Crippen molar-refractivity contribution in [3.63, 3.8) is 0 Å². The number of fused-ring (bicyclic) bond motifs is 1. The Kier molecular flexibility index (Phi) is 3.68. The number of nitrogens with zero attached hydrogens (tertiary/aromatic N) is 1. The second-order valence-electron chi connectivity index (χ2n) is 6.09. The fourth-order valence-electron chi connectivity index (χ4n) is 3.54. The predicted octanol–water partition coefficient (Wildman–Crippen LogP) is 3.99. The maximum absolute atomic E-state index is 10.3. The molecule has 3 nitrogen and oxygen atoms in total. The van der Waals surface area contributed by atoms with E-state index in [1.54, 1.807) is 0 Å². The van der Waals surface area contributed by atoms with E-state index in [9.17, 15) is 5.11 Å². The minimum atomic E-state index is 0.207. The minimum absolute atomic E-state index is 0.207. The molecule has 2 N–H and O–H groups in total. The molecule has 0 fully saturated rings. The molecule has 1 heterocycles. The Morgan fingerprint density at radius 2 is 1.90 bits per heavy atom. The van der Waals surface area contributed by atoms with Gasteiger partial charge in [-0.1, -0.05) is 13.0 Å². The largest absolute Gasteiger partial charge is 0.508 e. The van der Waals surface area contributed by atoms with Gasteiger partial charge in [0.25, 0.3) is 0 Å². The molecular weight excluding hydrogens is 260 g/mol. The Bertz CT molecular complexity index is 639. The first kappa shape index (κ1) is 14.1. The van der Waals surface area contributed by atoms with Crippen LogP contribution in [-0.4, -0.2) is 10.1 Å². The van der Waals surface area contributed by atoms with Crippen molar-refractivity contribution in [3.05, 3.63) is 58.9 Å². The predicted molar refractivity (Wildman–Crippen MR) is 84.4 cm³/mol. The number of aromatic nitrogens is 1. The molecule has 0 amide bonds. The molecule has 2 unspecified atom stereocenters. The molecule has 0 aliphatic heterocycles. The van der Waals surface area contributed by atoms with Crippen LogP contribution in [0.15, 0.2) is 36.7 Å². The number of aryl methyl sites for hydroxylation is 1. The lowest BCUT2D eigenvalue weighted by atomic mass is 9.97. The average Bonchev–Trinajstić information content (AvgIpc) is 2.81. The first-order valence-corrected chi connectivity index (χ1v) is 7.56. The summed E-state index contributed by atoms with van der Waals surface area (Å²) in [6.45, 7) is 6.53. The highest BCUT2D eigenvalue weighted by molar-refractivity contribution is 5.51. The van der Waals surface area contributed by atoms with E-state index < -0.39 is 0 Å². The van der Waals surface area contributed by atoms with E-state index in [1.165, 1.54) is 16.7 Å². The number of rotatable bonds is 3. The second kappa shape index (κ2) is 5.49. The number of hydrogen-bond donors (Lipinski definition) is 2. The minimum Gasteiger partial charge on any atom is -0.508 e. The molecule has 0 saturated heterocycles. The lowest BCUT2D eigenvalue weighted by Crippen LogP contribution is -2.23. The van der Waals surface area contributed by atoms with Crippen molar-refractivity contribution < 1.29 is 5.11 Å². The fraction of sp³-hybridized carbons (Fsp3) is 0.389. The van der Waals surface area contributed by atoms with Crippen LogP contribution in [-0.2, 0) is 0 Å². The zero-order valence-corrected chi connectivity index (χ0v) is 12.8. The van der Waals surface area contributed by atoms with Crippen LogP contribution in [0.5, 0.6) is 5.75 Å². The van der Waals surface area contributed by atoms with Crippen molar-refractivity contribution in [3.8, 4) is 5.75 Å². The van der Waals surface area contributed by atoms with Crippen LogP contribution >= 0.6 is 0 Å². The quantitative estimate of drug-likeness (QED) is 0.894. The molecule has 0 radical (unpaired) electrons. The summed E-state index contributed by atoms with van der Waals surface area (Å²) in [5.74, 6) is 0.897. The first-order valence-electron chi connectivity index (χ1n) is 7.56. The average molecular weight is 282 g/mol. The SMILES string of the molecule is Cc1ccc(O)c2c1C(C)CC2N[C@@H](C)c1ccncc1. The molecular formula is C18H22N2O. The van der Waals surface area contributed by atoms with E-state index >= 15 is 0 Å². The van der Waals surface area contributed by atoms with Gasteiger partial charge in [-0.2, -0.15) is 0 Å². The number of aromatic hydroxyl groups is 1. The van der Waals surface area contributed by atoms with E-state index in [-0.39, 0.29) is 12.1 Å². The van der Waals surface area contributed by atoms with Gasteiger partial charge in [0.15, 0.2) is 0 Å². The van der Waals surface area contributed by atoms with E-state index in [4.69, 9.17) is 0 Å². The summed E-state index contributed by atoms with van der Waals surface area (Å²) < 4.78 is 0. The molecule has 3 atom stereocenters. The van der Waals surface area contributed by atoms with E-state index in [0.29, 0.717) is 11.7 Å². The topological polar surface area (TPSA) is 45.1 Å². The van der Waals surface area contributed by atoms with Crippen LogP contribution in [0.25, 0.3) is 0 Å². The molecule has 3 heteroatoms. The van der Waals surface area contributed by atoms with Gasteiger partial charge >= 0.3 is 0 Å². The lowest BCUT2D eigenvalue weighted by Gasteiger charge is -2.21. The van der Waals surface area contributed by atoms with Crippen LogP contribution in [0.2, 0.25) is 0 Å². The highest BCUT2D eigenvalue weighted by atomic mass is 16.3. The third kappa shape index (κ3) is 2.54. The number of nitrogens with one attached hydrogen (secondary N) is 1. The van der Waals surface area contributed by atoms with Crippen molar-refractivity contribution >= 4 is 0 Å². The number of pyridine rings is 1. The zero-order valence-electron chi connectivity index (χ0n) is 12.8. The van der Waals surface area contributed by atoms with Crippen molar-refractivity contribution in [2.45, 2.75) is 45.2 Å². The van der Waals surface area contributed by atoms with Gasteiger partial charge in [-0.25, -0.2) is 0 Å². The molecule has 1 aromatic heterocycles. The maximum atomic E-state index is 10.3. The van der Waals surface area contributed by atoms with Gasteiger partial charge in [0.2, 0.25) is 0 Å². The molecule has 0 bridgehead atoms. The summed E-state index contributed by atoms with van der Waals surface area (Å²) in [7, 11) is 0. The Labute approximate surface area is 126 Å². The fourth-order valence-corrected chi connectivity index (χ4v) is 3.54. The summed E-state index contributed by atoms with van der Waals surface area (Å²) in [5.41, 5.74) is 4.90. The Morgan fingerprint density at radius 3 is 2.62 bits per heavy atom. The molecule has 21 heavy (non-hydrogen) atoms. The molecule has 0 saturated carbocycles. The van der Waals surface area contributed by atoms with Gasteiger partial charge in [-0.3, -0.25) is 4.98 Å². The highest BCUT2D eigenvalue weighted by Gasteiger charge is 2.32. The third-order valence-corrected chi connectivity index (χ3v) is 4.57. The van der Waals surface area contributed by atoms with Crippen molar-refractivity contribution in [2.75, 3.05) is 0 Å². The Balaban J connectivity index is 1.88. The number of phenols is 1. The summed E-state index contributed by atoms with van der Waals surface area (Å²) in [6, 6.07) is 8.34. The molecule has 110 valence electrons. The lowest BCUT2D eigenvalue weighted by molar-refractivity contribution is 0.422. The number of phenolic OH excluding ortho intramolecular Hbond substituents is 1. The highest BCUT2D eigenvalue weighted by Crippen LogP contribution is 2.46. The normalized spacial score (nSPS) is 22.0. The monoisotopic (exact) mass is 282 g/mol.